The number of amides is 4. The van der Waals surface area contributed by atoms with E-state index in [4.69, 9.17) is 19.2 Å². The highest BCUT2D eigenvalue weighted by Crippen LogP contribution is 2.52. The number of rotatable bonds is 12. The SMILES string of the molecule is COc1ccc2c(O[C@@H]3C[C@@H](C(=O)NC4(C(=O)NS(=O)(=O)C5(c6ccccc6)CC5)CC4)N(C(=O)[C@@H](NC(=O)OC(C)(C)C)C(C)(C)C)C3)cc(-c3ccccc3)nc2c1. The molecule has 15 heteroatoms. The number of sulfonamides is 1. The number of carbonyl (C=O) groups excluding carboxylic acids is 4. The predicted octanol–water partition coefficient (Wildman–Crippen LogP) is 5.98. The Labute approximate surface area is 350 Å². The molecule has 0 radical (unpaired) electrons. The summed E-state index contributed by atoms with van der Waals surface area (Å²) in [7, 11) is -2.60. The minimum Gasteiger partial charge on any atom is -0.497 e. The van der Waals surface area contributed by atoms with Gasteiger partial charge in [0.25, 0.3) is 5.91 Å². The summed E-state index contributed by atoms with van der Waals surface area (Å²) in [5.74, 6) is -0.959. The maximum absolute atomic E-state index is 14.7. The zero-order chi connectivity index (χ0) is 43.3. The van der Waals surface area contributed by atoms with Crippen molar-refractivity contribution >= 4 is 44.7 Å². The quantitative estimate of drug-likeness (QED) is 0.154. The number of hydrogen-bond acceptors (Lipinski definition) is 10. The first kappa shape index (κ1) is 42.4. The van der Waals surface area contributed by atoms with Crippen LogP contribution in [0.25, 0.3) is 22.2 Å². The highest BCUT2D eigenvalue weighted by atomic mass is 32.2. The molecule has 4 aromatic rings. The van der Waals surface area contributed by atoms with Crippen LogP contribution in [0.4, 0.5) is 4.79 Å². The Bertz CT molecular complexity index is 2400. The number of alkyl carbamates (subject to hydrolysis) is 1. The zero-order valence-electron chi connectivity index (χ0n) is 35.0. The van der Waals surface area contributed by atoms with Crippen LogP contribution in [0.1, 0.15) is 79.2 Å². The number of fused-ring (bicyclic) bond motifs is 1. The lowest BCUT2D eigenvalue weighted by Crippen LogP contribution is -2.60. The lowest BCUT2D eigenvalue weighted by atomic mass is 9.85. The molecule has 3 fully saturated rings. The molecule has 318 valence electrons. The highest BCUT2D eigenvalue weighted by Gasteiger charge is 2.60. The number of ether oxygens (including phenoxy) is 3. The number of carbonyl (C=O) groups is 4. The third-order valence-corrected chi connectivity index (χ3v) is 13.4. The fourth-order valence-electron chi connectivity index (χ4n) is 7.69. The second kappa shape index (κ2) is 15.7. The van der Waals surface area contributed by atoms with Crippen molar-refractivity contribution in [1.82, 2.24) is 25.2 Å². The van der Waals surface area contributed by atoms with Crippen molar-refractivity contribution in [3.63, 3.8) is 0 Å². The van der Waals surface area contributed by atoms with Crippen LogP contribution in [-0.2, 0) is 33.9 Å². The van der Waals surface area contributed by atoms with Gasteiger partial charge in [-0.15, -0.1) is 0 Å². The van der Waals surface area contributed by atoms with Gasteiger partial charge in [-0.3, -0.25) is 19.1 Å². The summed E-state index contributed by atoms with van der Waals surface area (Å²) in [6, 6.07) is 23.3. The van der Waals surface area contributed by atoms with Crippen LogP contribution < -0.4 is 24.8 Å². The summed E-state index contributed by atoms with van der Waals surface area (Å²) in [5, 5.41) is 6.25. The van der Waals surface area contributed by atoms with E-state index in [2.05, 4.69) is 15.4 Å². The maximum Gasteiger partial charge on any atom is 0.408 e. The maximum atomic E-state index is 14.7. The number of methoxy groups -OCH3 is 1. The third-order valence-electron chi connectivity index (χ3n) is 11.3. The summed E-state index contributed by atoms with van der Waals surface area (Å²) in [5.41, 5.74) is -0.477. The van der Waals surface area contributed by atoms with E-state index in [1.165, 1.54) is 4.90 Å². The summed E-state index contributed by atoms with van der Waals surface area (Å²) < 4.78 is 46.2. The van der Waals surface area contributed by atoms with Crippen molar-refractivity contribution in [3.05, 3.63) is 90.5 Å². The first-order valence-corrected chi connectivity index (χ1v) is 21.7. The van der Waals surface area contributed by atoms with E-state index in [1.807, 2.05) is 42.5 Å². The smallest absolute Gasteiger partial charge is 0.408 e. The minimum atomic E-state index is -4.17. The van der Waals surface area contributed by atoms with Gasteiger partial charge in [0.2, 0.25) is 21.8 Å². The number of nitrogens with zero attached hydrogens (tertiary/aromatic N) is 2. The molecule has 3 aliphatic rings. The van der Waals surface area contributed by atoms with Crippen LogP contribution in [0, 0.1) is 5.41 Å². The van der Waals surface area contributed by atoms with Gasteiger partial charge in [0.05, 0.1) is 24.9 Å². The standard InChI is InChI=1S/C45H53N5O9S/c1-42(2,3)37(47-41(54)59-43(4,5)6)39(52)50-27-31(58-36-26-33(28-14-10-8-11-15-28)46-34-24-30(57-7)18-19-32(34)36)25-35(50)38(51)48-44(20-21-44)40(53)49-60(55,56)45(22-23-45)29-16-12-9-13-17-29/h8-19,24,26,31,35,37H,20-23,25,27H2,1-7H3,(H,47,54)(H,48,51)(H,49,53)/t31-,35+,37-/m1/s1. The van der Waals surface area contributed by atoms with Crippen LogP contribution in [0.2, 0.25) is 0 Å². The lowest BCUT2D eigenvalue weighted by molar-refractivity contribution is -0.143. The number of aromatic nitrogens is 1. The third kappa shape index (κ3) is 8.77. The molecule has 7 rings (SSSR count). The first-order valence-electron chi connectivity index (χ1n) is 20.2. The average Bonchev–Trinajstić information content (AvgIpc) is 4.13. The lowest BCUT2D eigenvalue weighted by Gasteiger charge is -2.36. The Morgan fingerprint density at radius 1 is 0.867 bits per heavy atom. The molecule has 1 saturated heterocycles. The molecule has 60 heavy (non-hydrogen) atoms. The molecule has 1 aromatic heterocycles. The predicted molar refractivity (Wildman–Crippen MR) is 225 cm³/mol. The molecule has 2 heterocycles. The van der Waals surface area contributed by atoms with Gasteiger partial charge in [-0.25, -0.2) is 18.2 Å². The van der Waals surface area contributed by atoms with Crippen LogP contribution in [0.5, 0.6) is 11.5 Å². The highest BCUT2D eigenvalue weighted by molar-refractivity contribution is 7.91. The van der Waals surface area contributed by atoms with Gasteiger partial charge in [-0.2, -0.15) is 0 Å². The second-order valence-corrected chi connectivity index (χ2v) is 20.0. The molecule has 4 amide bonds. The number of likely N-dealkylation sites (tertiary alicyclic amines) is 1. The Balaban J connectivity index is 1.18. The van der Waals surface area contributed by atoms with Crippen molar-refractivity contribution in [1.29, 1.82) is 0 Å². The molecular weight excluding hydrogens is 787 g/mol. The van der Waals surface area contributed by atoms with Crippen molar-refractivity contribution in [2.45, 2.75) is 108 Å². The van der Waals surface area contributed by atoms with Crippen LogP contribution in [0.15, 0.2) is 84.9 Å². The van der Waals surface area contributed by atoms with Crippen molar-refractivity contribution in [2.24, 2.45) is 5.41 Å². The van der Waals surface area contributed by atoms with Gasteiger partial charge in [-0.05, 0) is 69.6 Å². The van der Waals surface area contributed by atoms with E-state index in [0.29, 0.717) is 46.5 Å². The molecule has 3 atom stereocenters. The topological polar surface area (TPSA) is 182 Å². The van der Waals surface area contributed by atoms with E-state index in [-0.39, 0.29) is 25.8 Å². The fourth-order valence-corrected chi connectivity index (χ4v) is 9.41. The van der Waals surface area contributed by atoms with E-state index < -0.39 is 73.3 Å². The molecule has 1 aliphatic heterocycles. The van der Waals surface area contributed by atoms with Gasteiger partial charge in [0.1, 0.15) is 45.6 Å². The monoisotopic (exact) mass is 839 g/mol. The van der Waals surface area contributed by atoms with E-state index in [0.717, 1.165) is 5.56 Å². The molecule has 3 aromatic carbocycles. The van der Waals surface area contributed by atoms with E-state index in [9.17, 15) is 27.6 Å². The van der Waals surface area contributed by atoms with Crippen molar-refractivity contribution in [3.8, 4) is 22.8 Å². The molecular formula is C45H53N5O9S. The summed E-state index contributed by atoms with van der Waals surface area (Å²) >= 11 is 0. The Kier molecular flexibility index (Phi) is 11.1. The summed E-state index contributed by atoms with van der Waals surface area (Å²) in [6.45, 7) is 10.5. The molecule has 2 aliphatic carbocycles. The van der Waals surface area contributed by atoms with Crippen LogP contribution >= 0.6 is 0 Å². The Morgan fingerprint density at radius 2 is 1.52 bits per heavy atom. The summed E-state index contributed by atoms with van der Waals surface area (Å²) in [6.07, 6.45) is -0.369. The molecule has 0 unspecified atom stereocenters. The molecule has 3 N–H and O–H groups in total. The molecule has 14 nitrogen and oxygen atoms in total. The number of hydrogen-bond donors (Lipinski definition) is 3. The van der Waals surface area contributed by atoms with Gasteiger partial charge >= 0.3 is 6.09 Å². The van der Waals surface area contributed by atoms with Crippen LogP contribution in [0.3, 0.4) is 0 Å². The summed E-state index contributed by atoms with van der Waals surface area (Å²) in [4.78, 5) is 62.4. The molecule has 0 spiro atoms. The zero-order valence-corrected chi connectivity index (χ0v) is 35.9. The average molecular weight is 840 g/mol. The van der Waals surface area contributed by atoms with E-state index in [1.54, 1.807) is 91.1 Å². The molecule has 2 saturated carbocycles. The number of pyridine rings is 1. The Morgan fingerprint density at radius 3 is 2.10 bits per heavy atom. The van der Waals surface area contributed by atoms with Gasteiger partial charge in [0.15, 0.2) is 0 Å². The molecule has 0 bridgehead atoms. The Hall–Kier alpha value is -5.70. The second-order valence-electron chi connectivity index (χ2n) is 18.0. The van der Waals surface area contributed by atoms with Gasteiger partial charge in [-0.1, -0.05) is 81.4 Å². The minimum absolute atomic E-state index is 0.0225. The van der Waals surface area contributed by atoms with Gasteiger partial charge < -0.3 is 29.7 Å². The fraction of sp³-hybridized carbons (Fsp3) is 0.444. The van der Waals surface area contributed by atoms with Crippen molar-refractivity contribution < 1.29 is 41.8 Å². The number of benzene rings is 3. The number of nitrogens with one attached hydrogen (secondary N) is 3. The van der Waals surface area contributed by atoms with Crippen LogP contribution in [-0.4, -0.2) is 85.1 Å². The van der Waals surface area contributed by atoms with E-state index >= 15 is 0 Å². The first-order chi connectivity index (χ1) is 28.2. The van der Waals surface area contributed by atoms with Gasteiger partial charge in [0, 0.05) is 29.5 Å². The normalized spacial score (nSPS) is 19.8. The van der Waals surface area contributed by atoms with Crippen molar-refractivity contribution in [2.75, 3.05) is 13.7 Å². The largest absolute Gasteiger partial charge is 0.497 e.